The first kappa shape index (κ1) is 8.73. The van der Waals surface area contributed by atoms with Crippen LogP contribution in [0.5, 0.6) is 5.75 Å². The number of hydrogen-bond donors (Lipinski definition) is 2. The van der Waals surface area contributed by atoms with Crippen molar-refractivity contribution in [1.82, 2.24) is 0 Å². The highest BCUT2D eigenvalue weighted by Crippen LogP contribution is 2.50. The average Bonchev–Trinajstić information content (AvgIpc) is 2.96. The summed E-state index contributed by atoms with van der Waals surface area (Å²) in [5.41, 5.74) is 0.654. The van der Waals surface area contributed by atoms with Crippen LogP contribution in [0.1, 0.15) is 18.4 Å². The van der Waals surface area contributed by atoms with Crippen LogP contribution >= 0.6 is 0 Å². The fourth-order valence-electron chi connectivity index (χ4n) is 1.87. The molecule has 1 heterocycles. The van der Waals surface area contributed by atoms with Crippen molar-refractivity contribution in [3.63, 3.8) is 0 Å². The smallest absolute Gasteiger partial charge is 0.262 e. The lowest BCUT2D eigenvalue weighted by atomic mass is 10.0. The number of hydrogen-bond acceptors (Lipinski definition) is 3. The molecule has 1 amide bonds. The van der Waals surface area contributed by atoms with Gasteiger partial charge < -0.3 is 15.2 Å². The summed E-state index contributed by atoms with van der Waals surface area (Å²) in [5.74, 6) is 0.478. The van der Waals surface area contributed by atoms with Gasteiger partial charge in [0, 0.05) is 5.56 Å². The van der Waals surface area contributed by atoms with Crippen LogP contribution in [0.25, 0.3) is 0 Å². The molecule has 1 saturated carbocycles. The molecule has 1 fully saturated rings. The minimum absolute atomic E-state index is 0.0505. The van der Waals surface area contributed by atoms with E-state index in [1.165, 1.54) is 0 Å². The number of benzene rings is 1. The molecule has 1 aromatic carbocycles. The molecule has 1 aliphatic heterocycles. The Hall–Kier alpha value is -1.55. The van der Waals surface area contributed by atoms with Gasteiger partial charge in [0.2, 0.25) is 0 Å². The minimum atomic E-state index is -0.751. The number of aliphatic hydroxyl groups is 1. The lowest BCUT2D eigenvalue weighted by Crippen LogP contribution is -2.27. The first-order valence-corrected chi connectivity index (χ1v) is 4.98. The van der Waals surface area contributed by atoms with Crippen molar-refractivity contribution < 1.29 is 14.6 Å². The van der Waals surface area contributed by atoms with Crippen LogP contribution < -0.4 is 10.1 Å². The summed E-state index contributed by atoms with van der Waals surface area (Å²) in [4.78, 5) is 11.2. The summed E-state index contributed by atoms with van der Waals surface area (Å²) in [7, 11) is 0. The third kappa shape index (κ3) is 1.29. The van der Waals surface area contributed by atoms with E-state index < -0.39 is 5.60 Å². The standard InChI is InChI=1S/C11H11NO3/c13-9-6-15-8-3-1-2-7(10(8)12-9)11(14)4-5-11/h1-3,14H,4-6H2,(H,12,13). The molecular weight excluding hydrogens is 194 g/mol. The highest BCUT2D eigenvalue weighted by Gasteiger charge is 2.44. The normalized spacial score (nSPS) is 21.3. The van der Waals surface area contributed by atoms with Gasteiger partial charge in [0.15, 0.2) is 6.61 Å². The van der Waals surface area contributed by atoms with Gasteiger partial charge in [-0.05, 0) is 18.9 Å². The van der Waals surface area contributed by atoms with Gasteiger partial charge in [0.1, 0.15) is 5.75 Å². The molecule has 0 unspecified atom stereocenters. The number of nitrogens with one attached hydrogen (secondary N) is 1. The molecule has 0 saturated heterocycles. The maximum absolute atomic E-state index is 11.2. The van der Waals surface area contributed by atoms with E-state index in [0.717, 1.165) is 18.4 Å². The Bertz CT molecular complexity index is 437. The summed E-state index contributed by atoms with van der Waals surface area (Å²) in [6.45, 7) is 0.0505. The molecule has 0 bridgehead atoms. The molecule has 0 radical (unpaired) electrons. The summed E-state index contributed by atoms with van der Waals surface area (Å²) in [6.07, 6.45) is 1.50. The Kier molecular flexibility index (Phi) is 1.59. The number of fused-ring (bicyclic) bond motifs is 1. The third-order valence-corrected chi connectivity index (χ3v) is 2.87. The van der Waals surface area contributed by atoms with Crippen LogP contribution in [-0.2, 0) is 10.4 Å². The maximum atomic E-state index is 11.2. The van der Waals surface area contributed by atoms with E-state index in [-0.39, 0.29) is 12.5 Å². The van der Waals surface area contributed by atoms with E-state index in [0.29, 0.717) is 11.4 Å². The van der Waals surface area contributed by atoms with Gasteiger partial charge in [-0.25, -0.2) is 0 Å². The second-order valence-corrected chi connectivity index (χ2v) is 4.05. The zero-order valence-corrected chi connectivity index (χ0v) is 8.12. The van der Waals surface area contributed by atoms with Gasteiger partial charge in [-0.15, -0.1) is 0 Å². The van der Waals surface area contributed by atoms with Gasteiger partial charge in [0.25, 0.3) is 5.91 Å². The number of carbonyl (C=O) groups is 1. The van der Waals surface area contributed by atoms with Crippen molar-refractivity contribution >= 4 is 11.6 Å². The van der Waals surface area contributed by atoms with Gasteiger partial charge in [-0.1, -0.05) is 12.1 Å². The number of anilines is 1. The summed E-state index contributed by atoms with van der Waals surface area (Å²) >= 11 is 0. The SMILES string of the molecule is O=C1COc2cccc(C3(O)CC3)c2N1. The lowest BCUT2D eigenvalue weighted by molar-refractivity contribution is -0.118. The molecule has 2 aliphatic rings. The quantitative estimate of drug-likeness (QED) is 0.719. The Morgan fingerprint density at radius 1 is 1.40 bits per heavy atom. The molecule has 15 heavy (non-hydrogen) atoms. The van der Waals surface area contributed by atoms with E-state index in [2.05, 4.69) is 5.32 Å². The number of ether oxygens (including phenoxy) is 1. The van der Waals surface area contributed by atoms with E-state index >= 15 is 0 Å². The van der Waals surface area contributed by atoms with Crippen LogP contribution in [0.15, 0.2) is 18.2 Å². The van der Waals surface area contributed by atoms with Crippen molar-refractivity contribution in [2.75, 3.05) is 11.9 Å². The van der Waals surface area contributed by atoms with E-state index in [4.69, 9.17) is 4.74 Å². The topological polar surface area (TPSA) is 58.6 Å². The first-order chi connectivity index (χ1) is 7.19. The molecule has 4 heteroatoms. The van der Waals surface area contributed by atoms with Crippen LogP contribution in [-0.4, -0.2) is 17.6 Å². The average molecular weight is 205 g/mol. The molecule has 78 valence electrons. The maximum Gasteiger partial charge on any atom is 0.262 e. The predicted molar refractivity (Wildman–Crippen MR) is 53.7 cm³/mol. The van der Waals surface area contributed by atoms with Crippen LogP contribution in [0.2, 0.25) is 0 Å². The van der Waals surface area contributed by atoms with E-state index in [1.54, 1.807) is 6.07 Å². The first-order valence-electron chi connectivity index (χ1n) is 4.98. The van der Waals surface area contributed by atoms with Crippen molar-refractivity contribution in [3.05, 3.63) is 23.8 Å². The van der Waals surface area contributed by atoms with E-state index in [1.807, 2.05) is 12.1 Å². The zero-order chi connectivity index (χ0) is 10.5. The second-order valence-electron chi connectivity index (χ2n) is 4.05. The Labute approximate surface area is 86.9 Å². The molecule has 0 aromatic heterocycles. The Balaban J connectivity index is 2.12. The number of rotatable bonds is 1. The monoisotopic (exact) mass is 205 g/mol. The van der Waals surface area contributed by atoms with Gasteiger partial charge in [-0.2, -0.15) is 0 Å². The molecule has 4 nitrogen and oxygen atoms in total. The minimum Gasteiger partial charge on any atom is -0.482 e. The summed E-state index contributed by atoms with van der Waals surface area (Å²) in [6, 6.07) is 5.47. The largest absolute Gasteiger partial charge is 0.482 e. The van der Waals surface area contributed by atoms with Gasteiger partial charge >= 0.3 is 0 Å². The predicted octanol–water partition coefficient (Wildman–Crippen LogP) is 0.999. The van der Waals surface area contributed by atoms with Gasteiger partial charge in [-0.3, -0.25) is 4.79 Å². The van der Waals surface area contributed by atoms with Crippen molar-refractivity contribution in [1.29, 1.82) is 0 Å². The van der Waals surface area contributed by atoms with Crippen LogP contribution in [0.4, 0.5) is 5.69 Å². The number of para-hydroxylation sites is 1. The molecule has 2 N–H and O–H groups in total. The fourth-order valence-corrected chi connectivity index (χ4v) is 1.87. The number of amides is 1. The van der Waals surface area contributed by atoms with Crippen LogP contribution in [0.3, 0.4) is 0 Å². The third-order valence-electron chi connectivity index (χ3n) is 2.87. The Morgan fingerprint density at radius 3 is 2.93 bits per heavy atom. The number of carbonyl (C=O) groups excluding carboxylic acids is 1. The molecule has 3 rings (SSSR count). The lowest BCUT2D eigenvalue weighted by Gasteiger charge is -2.22. The molecular formula is C11H11NO3. The summed E-state index contributed by atoms with van der Waals surface area (Å²) < 4.78 is 5.28. The molecule has 0 atom stereocenters. The van der Waals surface area contributed by atoms with Crippen molar-refractivity contribution in [2.24, 2.45) is 0 Å². The van der Waals surface area contributed by atoms with Crippen molar-refractivity contribution in [3.8, 4) is 5.75 Å². The Morgan fingerprint density at radius 2 is 2.20 bits per heavy atom. The molecule has 1 aromatic rings. The van der Waals surface area contributed by atoms with Crippen molar-refractivity contribution in [2.45, 2.75) is 18.4 Å². The van der Waals surface area contributed by atoms with Gasteiger partial charge in [0.05, 0.1) is 11.3 Å². The second kappa shape index (κ2) is 2.73. The fraction of sp³-hybridized carbons (Fsp3) is 0.364. The highest BCUT2D eigenvalue weighted by molar-refractivity contribution is 5.96. The highest BCUT2D eigenvalue weighted by atomic mass is 16.5. The zero-order valence-electron chi connectivity index (χ0n) is 8.12. The van der Waals surface area contributed by atoms with E-state index in [9.17, 15) is 9.90 Å². The molecule has 0 spiro atoms. The summed E-state index contributed by atoms with van der Waals surface area (Å²) in [5, 5.41) is 12.8. The molecule has 1 aliphatic carbocycles. The van der Waals surface area contributed by atoms with Crippen LogP contribution in [0, 0.1) is 0 Å².